The summed E-state index contributed by atoms with van der Waals surface area (Å²) in [7, 11) is 0. The second-order valence-corrected chi connectivity index (χ2v) is 6.14. The summed E-state index contributed by atoms with van der Waals surface area (Å²) in [6, 6.07) is 3.44. The second kappa shape index (κ2) is 6.61. The summed E-state index contributed by atoms with van der Waals surface area (Å²) in [6.45, 7) is 4.19. The van der Waals surface area contributed by atoms with E-state index in [9.17, 15) is 4.79 Å². The molecular formula is C14H17Cl3N2O2. The monoisotopic (exact) mass is 350 g/mol. The molecule has 2 unspecified atom stereocenters. The molecule has 1 aromatic rings. The van der Waals surface area contributed by atoms with Gasteiger partial charge in [-0.05, 0) is 25.1 Å². The normalized spacial score (nSPS) is 21.6. The number of benzene rings is 1. The van der Waals surface area contributed by atoms with Crippen LogP contribution in [0.1, 0.15) is 18.5 Å². The molecule has 116 valence electrons. The first kappa shape index (κ1) is 16.7. The number of fused-ring (bicyclic) bond motifs is 1. The molecule has 2 atom stereocenters. The molecule has 1 fully saturated rings. The van der Waals surface area contributed by atoms with Crippen LogP contribution in [0.15, 0.2) is 12.1 Å². The Morgan fingerprint density at radius 3 is 2.76 bits per heavy atom. The van der Waals surface area contributed by atoms with Crippen LogP contribution in [-0.4, -0.2) is 25.6 Å². The lowest BCUT2D eigenvalue weighted by molar-refractivity contribution is -0.127. The van der Waals surface area contributed by atoms with Crippen LogP contribution in [0.4, 0.5) is 0 Å². The van der Waals surface area contributed by atoms with Crippen molar-refractivity contribution in [3.05, 3.63) is 27.7 Å². The fourth-order valence-electron chi connectivity index (χ4n) is 2.53. The number of nitrogens with one attached hydrogen (secondary N) is 2. The van der Waals surface area contributed by atoms with Gasteiger partial charge in [0.05, 0.1) is 11.1 Å². The van der Waals surface area contributed by atoms with Crippen LogP contribution >= 0.6 is 35.6 Å². The van der Waals surface area contributed by atoms with Crippen LogP contribution in [0.25, 0.3) is 0 Å². The van der Waals surface area contributed by atoms with Crippen molar-refractivity contribution in [3.8, 4) is 5.75 Å². The number of amides is 1. The van der Waals surface area contributed by atoms with E-state index < -0.39 is 0 Å². The average Bonchev–Trinajstić information content (AvgIpc) is 2.75. The van der Waals surface area contributed by atoms with Gasteiger partial charge in [0, 0.05) is 11.5 Å². The van der Waals surface area contributed by atoms with E-state index in [-0.39, 0.29) is 30.3 Å². The van der Waals surface area contributed by atoms with Crippen molar-refractivity contribution >= 4 is 41.5 Å². The van der Waals surface area contributed by atoms with E-state index in [1.165, 1.54) is 0 Å². The van der Waals surface area contributed by atoms with E-state index in [0.717, 1.165) is 18.7 Å². The van der Waals surface area contributed by atoms with Gasteiger partial charge in [-0.3, -0.25) is 4.79 Å². The number of rotatable bonds is 3. The molecule has 0 spiro atoms. The largest absolute Gasteiger partial charge is 0.489 e. The molecule has 7 heteroatoms. The number of carbonyl (C=O) groups is 1. The summed E-state index contributed by atoms with van der Waals surface area (Å²) in [5.41, 5.74) is 0.895. The van der Waals surface area contributed by atoms with Crippen molar-refractivity contribution in [1.82, 2.24) is 10.6 Å². The maximum atomic E-state index is 12.2. The molecule has 2 aliphatic rings. The topological polar surface area (TPSA) is 50.4 Å². The third-order valence-electron chi connectivity index (χ3n) is 4.10. The van der Waals surface area contributed by atoms with Gasteiger partial charge in [0.25, 0.3) is 0 Å². The second-order valence-electron chi connectivity index (χ2n) is 5.36. The van der Waals surface area contributed by atoms with Gasteiger partial charge in [0.1, 0.15) is 17.4 Å². The highest BCUT2D eigenvalue weighted by Gasteiger charge is 2.33. The Morgan fingerprint density at radius 1 is 1.43 bits per heavy atom. The lowest BCUT2D eigenvalue weighted by Gasteiger charge is -2.32. The SMILES string of the molecule is CC(C(=O)NC1COc2c1ccc(Cl)c2Cl)C1CNC1.Cl. The zero-order chi connectivity index (χ0) is 14.3. The predicted octanol–water partition coefficient (Wildman–Crippen LogP) is 2.82. The van der Waals surface area contributed by atoms with Crippen LogP contribution in [0, 0.1) is 11.8 Å². The van der Waals surface area contributed by atoms with Gasteiger partial charge in [0.15, 0.2) is 0 Å². The highest BCUT2D eigenvalue weighted by molar-refractivity contribution is 6.43. The molecule has 0 radical (unpaired) electrons. The van der Waals surface area contributed by atoms with Gasteiger partial charge >= 0.3 is 0 Å². The minimum atomic E-state index is -0.150. The molecule has 1 aromatic carbocycles. The van der Waals surface area contributed by atoms with Gasteiger partial charge in [-0.15, -0.1) is 12.4 Å². The number of carbonyl (C=O) groups excluding carboxylic acids is 1. The lowest BCUT2D eigenvalue weighted by Crippen LogP contribution is -2.50. The van der Waals surface area contributed by atoms with Crippen LogP contribution in [0.3, 0.4) is 0 Å². The first-order valence-electron chi connectivity index (χ1n) is 6.69. The summed E-state index contributed by atoms with van der Waals surface area (Å²) in [5.74, 6) is 1.07. The Morgan fingerprint density at radius 2 is 2.14 bits per heavy atom. The molecule has 0 aliphatic carbocycles. The molecule has 0 saturated carbocycles. The zero-order valence-electron chi connectivity index (χ0n) is 11.5. The van der Waals surface area contributed by atoms with E-state index in [1.807, 2.05) is 13.0 Å². The van der Waals surface area contributed by atoms with Gasteiger partial charge < -0.3 is 15.4 Å². The zero-order valence-corrected chi connectivity index (χ0v) is 13.8. The third-order valence-corrected chi connectivity index (χ3v) is 4.89. The molecule has 2 aliphatic heterocycles. The molecule has 0 aromatic heterocycles. The first-order chi connectivity index (χ1) is 9.58. The van der Waals surface area contributed by atoms with Gasteiger partial charge in [-0.2, -0.15) is 0 Å². The maximum absolute atomic E-state index is 12.2. The van der Waals surface area contributed by atoms with E-state index in [4.69, 9.17) is 27.9 Å². The Hall–Kier alpha value is -0.680. The smallest absolute Gasteiger partial charge is 0.223 e. The summed E-state index contributed by atoms with van der Waals surface area (Å²) < 4.78 is 5.56. The van der Waals surface area contributed by atoms with E-state index in [1.54, 1.807) is 6.07 Å². The average molecular weight is 352 g/mol. The molecule has 2 N–H and O–H groups in total. The molecule has 0 bridgehead atoms. The molecule has 21 heavy (non-hydrogen) atoms. The maximum Gasteiger partial charge on any atom is 0.223 e. The fraction of sp³-hybridized carbons (Fsp3) is 0.500. The Labute approximate surface area is 139 Å². The van der Waals surface area contributed by atoms with Gasteiger partial charge in [0.2, 0.25) is 5.91 Å². The summed E-state index contributed by atoms with van der Waals surface area (Å²) >= 11 is 12.1. The summed E-state index contributed by atoms with van der Waals surface area (Å²) in [5, 5.41) is 7.10. The van der Waals surface area contributed by atoms with Crippen LogP contribution < -0.4 is 15.4 Å². The van der Waals surface area contributed by atoms with Crippen LogP contribution in [0.2, 0.25) is 10.0 Å². The minimum absolute atomic E-state index is 0. The van der Waals surface area contributed by atoms with Gasteiger partial charge in [-0.25, -0.2) is 0 Å². The number of ether oxygens (including phenoxy) is 1. The summed E-state index contributed by atoms with van der Waals surface area (Å²) in [6.07, 6.45) is 0. The highest BCUT2D eigenvalue weighted by Crippen LogP contribution is 2.42. The fourth-order valence-corrected chi connectivity index (χ4v) is 2.90. The Balaban J connectivity index is 0.00000161. The Bertz CT molecular complexity index is 549. The number of hydrogen-bond donors (Lipinski definition) is 2. The number of hydrogen-bond acceptors (Lipinski definition) is 3. The van der Waals surface area contributed by atoms with E-state index in [2.05, 4.69) is 10.6 Å². The summed E-state index contributed by atoms with van der Waals surface area (Å²) in [4.78, 5) is 12.2. The van der Waals surface area contributed by atoms with Crippen molar-refractivity contribution < 1.29 is 9.53 Å². The molecule has 1 saturated heterocycles. The standard InChI is InChI=1S/C14H16Cl2N2O2.ClH/c1-7(8-4-17-5-8)14(19)18-11-6-20-13-9(11)2-3-10(15)12(13)16;/h2-3,7-8,11,17H,4-6H2,1H3,(H,18,19);1H. The van der Waals surface area contributed by atoms with Crippen LogP contribution in [0.5, 0.6) is 5.75 Å². The van der Waals surface area contributed by atoms with Crippen molar-refractivity contribution in [3.63, 3.8) is 0 Å². The number of halogens is 3. The predicted molar refractivity (Wildman–Crippen MR) is 85.6 cm³/mol. The Kier molecular flexibility index (Phi) is 5.25. The van der Waals surface area contributed by atoms with Crippen molar-refractivity contribution in [2.45, 2.75) is 13.0 Å². The lowest BCUT2D eigenvalue weighted by atomic mass is 9.88. The molecule has 3 rings (SSSR count). The quantitative estimate of drug-likeness (QED) is 0.880. The molecule has 2 heterocycles. The van der Waals surface area contributed by atoms with Crippen molar-refractivity contribution in [1.29, 1.82) is 0 Å². The first-order valence-corrected chi connectivity index (χ1v) is 7.45. The molecule has 1 amide bonds. The van der Waals surface area contributed by atoms with E-state index >= 15 is 0 Å². The van der Waals surface area contributed by atoms with Gasteiger partial charge in [-0.1, -0.05) is 36.2 Å². The highest BCUT2D eigenvalue weighted by atomic mass is 35.5. The minimum Gasteiger partial charge on any atom is -0.489 e. The van der Waals surface area contributed by atoms with Crippen LogP contribution in [-0.2, 0) is 4.79 Å². The van der Waals surface area contributed by atoms with Crippen molar-refractivity contribution in [2.75, 3.05) is 19.7 Å². The molecule has 4 nitrogen and oxygen atoms in total. The van der Waals surface area contributed by atoms with E-state index in [0.29, 0.717) is 28.3 Å². The molecular weight excluding hydrogens is 335 g/mol. The van der Waals surface area contributed by atoms with Crippen molar-refractivity contribution in [2.24, 2.45) is 11.8 Å². The third kappa shape index (κ3) is 3.09.